The van der Waals surface area contributed by atoms with Gasteiger partial charge in [-0.25, -0.2) is 0 Å². The molecule has 0 bridgehead atoms. The zero-order chi connectivity index (χ0) is 4.57. The lowest BCUT2D eigenvalue weighted by Crippen LogP contribution is -1.64. The quantitative estimate of drug-likeness (QED) is 0.399. The minimum Gasteiger partial charge on any atom is -0.197 e. The second-order valence-corrected chi connectivity index (χ2v) is 1.52. The van der Waals surface area contributed by atoms with Crippen LogP contribution in [0, 0.1) is 17.2 Å². The first-order valence-electron chi connectivity index (χ1n) is 1.92. The summed E-state index contributed by atoms with van der Waals surface area (Å²) in [5, 5.41) is 8.07. The van der Waals surface area contributed by atoms with Crippen LogP contribution in [0.5, 0.6) is 0 Å². The molecule has 0 aromatic carbocycles. The molecule has 0 fully saturated rings. The molecule has 0 saturated carbocycles. The molecule has 1 heteroatoms. The number of hydrogen-bond acceptors (Lipinski definition) is 1. The summed E-state index contributed by atoms with van der Waals surface area (Å²) in [6, 6.07) is 2.10. The van der Waals surface area contributed by atoms with Crippen LogP contribution in [0.15, 0.2) is 11.6 Å². The lowest BCUT2D eigenvalue weighted by molar-refractivity contribution is 1.18. The monoisotopic (exact) mass is 79.0 g/mol. The highest BCUT2D eigenvalue weighted by Crippen LogP contribution is 2.25. The van der Waals surface area contributed by atoms with E-state index in [4.69, 9.17) is 5.26 Å². The number of allylic oxidation sites excluding steroid dienone is 2. The third-order valence-corrected chi connectivity index (χ3v) is 0.950. The summed E-state index contributed by atoms with van der Waals surface area (Å²) < 4.78 is 0. The van der Waals surface area contributed by atoms with Gasteiger partial charge in [-0.3, -0.25) is 0 Å². The third-order valence-electron chi connectivity index (χ3n) is 0.950. The maximum atomic E-state index is 8.07. The number of nitriles is 1. The van der Waals surface area contributed by atoms with E-state index in [1.165, 1.54) is 5.57 Å². The van der Waals surface area contributed by atoms with Crippen LogP contribution in [-0.2, 0) is 0 Å². The molecule has 6 heavy (non-hydrogen) atoms. The van der Waals surface area contributed by atoms with Crippen molar-refractivity contribution >= 4 is 0 Å². The fourth-order valence-corrected chi connectivity index (χ4v) is 0.354. The summed E-state index contributed by atoms with van der Waals surface area (Å²) in [6.45, 7) is 1.97. The molecule has 0 amide bonds. The number of hydrogen-bond donors (Lipinski definition) is 0. The van der Waals surface area contributed by atoms with Gasteiger partial charge in [0.15, 0.2) is 0 Å². The van der Waals surface area contributed by atoms with Crippen LogP contribution in [0.3, 0.4) is 0 Å². The van der Waals surface area contributed by atoms with Crippen LogP contribution in [0.2, 0.25) is 0 Å². The minimum absolute atomic E-state index is 0.199. The Balaban J connectivity index is 2.42. The van der Waals surface area contributed by atoms with Crippen molar-refractivity contribution < 1.29 is 0 Å². The van der Waals surface area contributed by atoms with Crippen molar-refractivity contribution in [3.63, 3.8) is 0 Å². The fourth-order valence-electron chi connectivity index (χ4n) is 0.354. The van der Waals surface area contributed by atoms with Gasteiger partial charge in [0, 0.05) is 0 Å². The van der Waals surface area contributed by atoms with Gasteiger partial charge in [-0.2, -0.15) is 5.26 Å². The van der Waals surface area contributed by atoms with Crippen molar-refractivity contribution in [1.29, 1.82) is 5.26 Å². The van der Waals surface area contributed by atoms with Gasteiger partial charge in [0.1, 0.15) is 0 Å². The van der Waals surface area contributed by atoms with Gasteiger partial charge in [-0.1, -0.05) is 11.6 Å². The molecule has 0 aromatic heterocycles. The molecule has 0 heterocycles. The predicted molar refractivity (Wildman–Crippen MR) is 22.9 cm³/mol. The largest absolute Gasteiger partial charge is 0.197 e. The van der Waals surface area contributed by atoms with Crippen molar-refractivity contribution in [2.75, 3.05) is 0 Å². The van der Waals surface area contributed by atoms with Crippen molar-refractivity contribution in [1.82, 2.24) is 0 Å². The molecule has 1 nitrogen and oxygen atoms in total. The molecular formula is C5H5N. The zero-order valence-electron chi connectivity index (χ0n) is 3.60. The zero-order valence-corrected chi connectivity index (χ0v) is 3.60. The van der Waals surface area contributed by atoms with E-state index >= 15 is 0 Å². The summed E-state index contributed by atoms with van der Waals surface area (Å²) >= 11 is 0. The lowest BCUT2D eigenvalue weighted by atomic mass is 10.3. The highest BCUT2D eigenvalue weighted by molar-refractivity contribution is 5.34. The molecule has 30 valence electrons. The second kappa shape index (κ2) is 0.844. The first kappa shape index (κ1) is 3.42. The molecule has 0 N–H and O–H groups in total. The normalized spacial score (nSPS) is 28.0. The second-order valence-electron chi connectivity index (χ2n) is 1.52. The molecule has 0 saturated heterocycles. The standard InChI is InChI=1S/C5H5N/c1-4-2-5(4)3-6/h2,5H,1H3. The summed E-state index contributed by atoms with van der Waals surface area (Å²) in [5.41, 5.74) is 1.22. The Bertz CT molecular complexity index is 127. The molecule has 1 aliphatic carbocycles. The van der Waals surface area contributed by atoms with Crippen LogP contribution in [-0.4, -0.2) is 0 Å². The van der Waals surface area contributed by atoms with Crippen LogP contribution in [0.25, 0.3) is 0 Å². The Morgan fingerprint density at radius 2 is 2.50 bits per heavy atom. The average molecular weight is 79.1 g/mol. The fraction of sp³-hybridized carbons (Fsp3) is 0.400. The topological polar surface area (TPSA) is 23.8 Å². The molecule has 0 spiro atoms. The van der Waals surface area contributed by atoms with Crippen LogP contribution < -0.4 is 0 Å². The molecular weight excluding hydrogens is 74.1 g/mol. The molecule has 1 rings (SSSR count). The molecule has 1 aliphatic rings. The van der Waals surface area contributed by atoms with Crippen molar-refractivity contribution in [2.24, 2.45) is 5.92 Å². The summed E-state index contributed by atoms with van der Waals surface area (Å²) in [6.07, 6.45) is 1.94. The predicted octanol–water partition coefficient (Wildman–Crippen LogP) is 1.09. The maximum absolute atomic E-state index is 8.07. The van der Waals surface area contributed by atoms with Gasteiger partial charge in [-0.15, -0.1) is 0 Å². The minimum atomic E-state index is 0.199. The van der Waals surface area contributed by atoms with E-state index in [1.807, 2.05) is 13.0 Å². The van der Waals surface area contributed by atoms with Gasteiger partial charge in [0.25, 0.3) is 0 Å². The smallest absolute Gasteiger partial charge is 0.0854 e. The van der Waals surface area contributed by atoms with Crippen molar-refractivity contribution in [2.45, 2.75) is 6.92 Å². The molecule has 0 radical (unpaired) electrons. The number of nitrogens with zero attached hydrogens (tertiary/aromatic N) is 1. The van der Waals surface area contributed by atoms with E-state index in [1.54, 1.807) is 0 Å². The van der Waals surface area contributed by atoms with Gasteiger partial charge < -0.3 is 0 Å². The van der Waals surface area contributed by atoms with Crippen LogP contribution in [0.4, 0.5) is 0 Å². The van der Waals surface area contributed by atoms with E-state index in [0.29, 0.717) is 0 Å². The Kier molecular flexibility index (Phi) is 0.481. The van der Waals surface area contributed by atoms with Gasteiger partial charge in [0.2, 0.25) is 0 Å². The van der Waals surface area contributed by atoms with E-state index in [-0.39, 0.29) is 5.92 Å². The summed E-state index contributed by atoms with van der Waals surface area (Å²) in [4.78, 5) is 0. The molecule has 0 aromatic rings. The third kappa shape index (κ3) is 0.307. The van der Waals surface area contributed by atoms with Crippen LogP contribution in [0.1, 0.15) is 6.92 Å². The Morgan fingerprint density at radius 3 is 2.50 bits per heavy atom. The van der Waals surface area contributed by atoms with E-state index in [0.717, 1.165) is 0 Å². The lowest BCUT2D eigenvalue weighted by Gasteiger charge is -1.66. The average Bonchev–Trinajstić information content (AvgIpc) is 2.19. The maximum Gasteiger partial charge on any atom is 0.0854 e. The van der Waals surface area contributed by atoms with Crippen molar-refractivity contribution in [3.8, 4) is 6.07 Å². The van der Waals surface area contributed by atoms with E-state index in [2.05, 4.69) is 6.07 Å². The van der Waals surface area contributed by atoms with Gasteiger partial charge in [0.05, 0.1) is 12.0 Å². The highest BCUT2D eigenvalue weighted by Gasteiger charge is 2.17. The van der Waals surface area contributed by atoms with Gasteiger partial charge in [-0.05, 0) is 6.92 Å². The van der Waals surface area contributed by atoms with Gasteiger partial charge >= 0.3 is 0 Å². The molecule has 0 aliphatic heterocycles. The first-order chi connectivity index (χ1) is 2.84. The molecule has 1 atom stereocenters. The summed E-state index contributed by atoms with van der Waals surface area (Å²) in [7, 11) is 0. The van der Waals surface area contributed by atoms with Crippen molar-refractivity contribution in [3.05, 3.63) is 11.6 Å². The van der Waals surface area contributed by atoms with Crippen LogP contribution >= 0.6 is 0 Å². The Morgan fingerprint density at radius 1 is 2.00 bits per heavy atom. The SMILES string of the molecule is CC1=CC1C#N. The highest BCUT2D eigenvalue weighted by atomic mass is 14.3. The molecule has 1 unspecified atom stereocenters. The Hall–Kier alpha value is -0.770. The van der Waals surface area contributed by atoms with E-state index < -0.39 is 0 Å². The Labute approximate surface area is 36.9 Å². The first-order valence-corrected chi connectivity index (χ1v) is 1.92. The summed E-state index contributed by atoms with van der Waals surface area (Å²) in [5.74, 6) is 0.199. The van der Waals surface area contributed by atoms with E-state index in [9.17, 15) is 0 Å². The number of rotatable bonds is 0.